The first-order valence-electron chi connectivity index (χ1n) is 6.70. The fourth-order valence-corrected chi connectivity index (χ4v) is 1.92. The highest BCUT2D eigenvalue weighted by Gasteiger charge is 2.02. The van der Waals surface area contributed by atoms with Crippen LogP contribution in [-0.4, -0.2) is 10.9 Å². The fourth-order valence-electron chi connectivity index (χ4n) is 1.92. The van der Waals surface area contributed by atoms with Crippen LogP contribution in [0.3, 0.4) is 0 Å². The predicted molar refractivity (Wildman–Crippen MR) is 80.5 cm³/mol. The minimum absolute atomic E-state index is 0.444. The van der Waals surface area contributed by atoms with E-state index in [0.717, 1.165) is 16.9 Å². The van der Waals surface area contributed by atoms with Gasteiger partial charge >= 0.3 is 0 Å². The van der Waals surface area contributed by atoms with Crippen LogP contribution in [0.2, 0.25) is 0 Å². The number of ether oxygens (including phenoxy) is 1. The SMILES string of the molecule is CC/C(=N\O)c1ccc(OCc2ccc(C#N)cc2)cc1. The molecule has 1 N–H and O–H groups in total. The Hall–Kier alpha value is -2.80. The molecule has 0 amide bonds. The Labute approximate surface area is 123 Å². The number of nitriles is 1. The van der Waals surface area contributed by atoms with Gasteiger partial charge in [-0.2, -0.15) is 5.26 Å². The Morgan fingerprint density at radius 2 is 1.81 bits per heavy atom. The summed E-state index contributed by atoms with van der Waals surface area (Å²) in [5.74, 6) is 0.747. The second-order valence-electron chi connectivity index (χ2n) is 4.52. The maximum Gasteiger partial charge on any atom is 0.119 e. The minimum atomic E-state index is 0.444. The first-order valence-corrected chi connectivity index (χ1v) is 6.70. The molecule has 106 valence electrons. The molecule has 2 aromatic rings. The summed E-state index contributed by atoms with van der Waals surface area (Å²) < 4.78 is 5.68. The van der Waals surface area contributed by atoms with Gasteiger partial charge in [0.2, 0.25) is 0 Å². The molecule has 0 aliphatic carbocycles. The number of nitrogens with zero attached hydrogens (tertiary/aromatic N) is 2. The average molecular weight is 280 g/mol. The van der Waals surface area contributed by atoms with E-state index in [2.05, 4.69) is 11.2 Å². The van der Waals surface area contributed by atoms with Crippen LogP contribution in [0.15, 0.2) is 53.7 Å². The van der Waals surface area contributed by atoms with Gasteiger partial charge in [0.25, 0.3) is 0 Å². The number of benzene rings is 2. The van der Waals surface area contributed by atoms with Crippen molar-refractivity contribution < 1.29 is 9.94 Å². The highest BCUT2D eigenvalue weighted by molar-refractivity contribution is 6.00. The average Bonchev–Trinajstić information content (AvgIpc) is 2.55. The maximum absolute atomic E-state index is 8.88. The summed E-state index contributed by atoms with van der Waals surface area (Å²) in [5, 5.41) is 20.9. The Morgan fingerprint density at radius 3 is 2.33 bits per heavy atom. The second-order valence-corrected chi connectivity index (χ2v) is 4.52. The summed E-state index contributed by atoms with van der Waals surface area (Å²) in [6, 6.07) is 16.8. The molecule has 0 aromatic heterocycles. The van der Waals surface area contributed by atoms with Gasteiger partial charge in [0.05, 0.1) is 17.3 Å². The zero-order valence-corrected chi connectivity index (χ0v) is 11.8. The van der Waals surface area contributed by atoms with Crippen molar-refractivity contribution in [2.45, 2.75) is 20.0 Å². The zero-order chi connectivity index (χ0) is 15.1. The van der Waals surface area contributed by atoms with Crippen molar-refractivity contribution >= 4 is 5.71 Å². The van der Waals surface area contributed by atoms with Crippen LogP contribution in [-0.2, 0) is 6.61 Å². The summed E-state index contributed by atoms with van der Waals surface area (Å²) in [6.07, 6.45) is 0.669. The normalized spacial score (nSPS) is 11.0. The quantitative estimate of drug-likeness (QED) is 0.515. The Bertz CT molecular complexity index is 653. The van der Waals surface area contributed by atoms with Gasteiger partial charge in [-0.25, -0.2) is 0 Å². The predicted octanol–water partition coefficient (Wildman–Crippen LogP) is 3.73. The Morgan fingerprint density at radius 1 is 1.14 bits per heavy atom. The minimum Gasteiger partial charge on any atom is -0.489 e. The van der Waals surface area contributed by atoms with Crippen LogP contribution in [0.1, 0.15) is 30.0 Å². The molecule has 2 rings (SSSR count). The molecular weight excluding hydrogens is 264 g/mol. The van der Waals surface area contributed by atoms with E-state index in [1.165, 1.54) is 0 Å². The van der Waals surface area contributed by atoms with Gasteiger partial charge < -0.3 is 9.94 Å². The molecule has 0 saturated heterocycles. The molecule has 0 heterocycles. The molecule has 4 nitrogen and oxygen atoms in total. The number of hydrogen-bond donors (Lipinski definition) is 1. The molecule has 0 aliphatic rings. The van der Waals surface area contributed by atoms with E-state index in [1.807, 2.05) is 43.3 Å². The Kier molecular flexibility index (Phi) is 4.94. The van der Waals surface area contributed by atoms with Crippen molar-refractivity contribution in [3.05, 3.63) is 65.2 Å². The van der Waals surface area contributed by atoms with Crippen molar-refractivity contribution in [2.75, 3.05) is 0 Å². The summed E-state index contributed by atoms with van der Waals surface area (Å²) in [4.78, 5) is 0. The first kappa shape index (κ1) is 14.6. The molecule has 0 bridgehead atoms. The molecular formula is C17H16N2O2. The van der Waals surface area contributed by atoms with Crippen LogP contribution >= 0.6 is 0 Å². The lowest BCUT2D eigenvalue weighted by Gasteiger charge is -2.07. The summed E-state index contributed by atoms with van der Waals surface area (Å²) in [7, 11) is 0. The highest BCUT2D eigenvalue weighted by atomic mass is 16.5. The molecule has 0 fully saturated rings. The van der Waals surface area contributed by atoms with E-state index < -0.39 is 0 Å². The lowest BCUT2D eigenvalue weighted by Crippen LogP contribution is -1.99. The summed E-state index contributed by atoms with van der Waals surface area (Å²) in [5.41, 5.74) is 3.17. The number of rotatable bonds is 5. The third-order valence-corrected chi connectivity index (χ3v) is 3.13. The smallest absolute Gasteiger partial charge is 0.119 e. The van der Waals surface area contributed by atoms with Crippen molar-refractivity contribution in [1.82, 2.24) is 0 Å². The summed E-state index contributed by atoms with van der Waals surface area (Å²) in [6.45, 7) is 2.38. The lowest BCUT2D eigenvalue weighted by molar-refractivity contribution is 0.306. The topological polar surface area (TPSA) is 65.6 Å². The molecule has 0 unspecified atom stereocenters. The molecule has 0 spiro atoms. The van der Waals surface area contributed by atoms with Gasteiger partial charge in [0, 0.05) is 0 Å². The van der Waals surface area contributed by atoms with Gasteiger partial charge in [-0.15, -0.1) is 0 Å². The van der Waals surface area contributed by atoms with Gasteiger partial charge in [0.1, 0.15) is 12.4 Å². The van der Waals surface area contributed by atoms with Crippen LogP contribution in [0, 0.1) is 11.3 Å². The summed E-state index contributed by atoms with van der Waals surface area (Å²) >= 11 is 0. The third kappa shape index (κ3) is 3.83. The monoisotopic (exact) mass is 280 g/mol. The first-order chi connectivity index (χ1) is 10.3. The highest BCUT2D eigenvalue weighted by Crippen LogP contribution is 2.16. The maximum atomic E-state index is 8.88. The van der Waals surface area contributed by atoms with Crippen LogP contribution < -0.4 is 4.74 Å². The number of oxime groups is 1. The Balaban J connectivity index is 1.99. The molecule has 0 saturated carbocycles. The molecule has 21 heavy (non-hydrogen) atoms. The van der Waals surface area contributed by atoms with E-state index in [4.69, 9.17) is 15.2 Å². The third-order valence-electron chi connectivity index (χ3n) is 3.13. The van der Waals surface area contributed by atoms with Gasteiger partial charge in [-0.05, 0) is 53.9 Å². The van der Waals surface area contributed by atoms with E-state index in [9.17, 15) is 0 Å². The molecule has 2 aromatic carbocycles. The van der Waals surface area contributed by atoms with E-state index >= 15 is 0 Å². The van der Waals surface area contributed by atoms with Crippen molar-refractivity contribution in [3.63, 3.8) is 0 Å². The van der Waals surface area contributed by atoms with Gasteiger partial charge in [-0.1, -0.05) is 24.2 Å². The van der Waals surface area contributed by atoms with Crippen LogP contribution in [0.25, 0.3) is 0 Å². The molecule has 4 heteroatoms. The van der Waals surface area contributed by atoms with Crippen molar-refractivity contribution in [1.29, 1.82) is 5.26 Å². The fraction of sp³-hybridized carbons (Fsp3) is 0.176. The standard InChI is InChI=1S/C17H16N2O2/c1-2-17(19-20)15-7-9-16(10-8-15)21-12-14-5-3-13(11-18)4-6-14/h3-10,20H,2,12H2,1H3/b19-17+. The van der Waals surface area contributed by atoms with E-state index in [0.29, 0.717) is 24.3 Å². The van der Waals surface area contributed by atoms with E-state index in [-0.39, 0.29) is 0 Å². The van der Waals surface area contributed by atoms with E-state index in [1.54, 1.807) is 12.1 Å². The second kappa shape index (κ2) is 7.11. The van der Waals surface area contributed by atoms with Crippen molar-refractivity contribution in [3.8, 4) is 11.8 Å². The largest absolute Gasteiger partial charge is 0.489 e. The van der Waals surface area contributed by atoms with Crippen LogP contribution in [0.5, 0.6) is 5.75 Å². The van der Waals surface area contributed by atoms with Crippen molar-refractivity contribution in [2.24, 2.45) is 5.16 Å². The molecule has 0 aliphatic heterocycles. The lowest BCUT2D eigenvalue weighted by atomic mass is 10.1. The number of hydrogen-bond acceptors (Lipinski definition) is 4. The van der Waals surface area contributed by atoms with Gasteiger partial charge in [0.15, 0.2) is 0 Å². The zero-order valence-electron chi connectivity index (χ0n) is 11.8. The molecule has 0 atom stereocenters. The van der Waals surface area contributed by atoms with Gasteiger partial charge in [-0.3, -0.25) is 0 Å². The molecule has 0 radical (unpaired) electrons. The van der Waals surface area contributed by atoms with Crippen LogP contribution in [0.4, 0.5) is 0 Å².